The van der Waals surface area contributed by atoms with E-state index in [0.717, 1.165) is 5.56 Å². The molecule has 2 atom stereocenters. The predicted octanol–water partition coefficient (Wildman–Crippen LogP) is 1.03. The van der Waals surface area contributed by atoms with Gasteiger partial charge in [0.1, 0.15) is 5.60 Å². The van der Waals surface area contributed by atoms with Gasteiger partial charge in [-0.2, -0.15) is 0 Å². The van der Waals surface area contributed by atoms with Gasteiger partial charge in [-0.05, 0) is 12.5 Å². The molecule has 1 aliphatic rings. The van der Waals surface area contributed by atoms with Crippen LogP contribution in [0.4, 0.5) is 0 Å². The van der Waals surface area contributed by atoms with Crippen molar-refractivity contribution in [2.24, 2.45) is 0 Å². The number of hydrogen-bond donors (Lipinski definition) is 2. The maximum atomic E-state index is 9.88. The Kier molecular flexibility index (Phi) is 1.35. The van der Waals surface area contributed by atoms with Crippen LogP contribution in [0.25, 0.3) is 0 Å². The first-order valence-corrected chi connectivity index (χ1v) is 4.07. The standard InChI is InChI=1S/C10H12O2/c1-9(11)7-10(9,12)8-5-3-2-4-6-8/h2-6,11-12H,7H2,1H3/t9-,10-/m0/s1. The Morgan fingerprint density at radius 2 is 1.67 bits per heavy atom. The molecule has 1 aromatic rings. The molecule has 2 N–H and O–H groups in total. The molecule has 1 aliphatic carbocycles. The Balaban J connectivity index is 2.35. The van der Waals surface area contributed by atoms with Gasteiger partial charge in [-0.1, -0.05) is 30.3 Å². The fourth-order valence-corrected chi connectivity index (χ4v) is 1.58. The molecule has 0 heterocycles. The molecule has 1 aromatic carbocycles. The maximum absolute atomic E-state index is 9.88. The molecule has 0 spiro atoms. The molecule has 1 saturated carbocycles. The minimum Gasteiger partial charge on any atom is -0.387 e. The van der Waals surface area contributed by atoms with Crippen LogP contribution in [-0.2, 0) is 5.60 Å². The lowest BCUT2D eigenvalue weighted by atomic mass is 10.1. The van der Waals surface area contributed by atoms with Gasteiger partial charge in [0.15, 0.2) is 0 Å². The van der Waals surface area contributed by atoms with E-state index in [1.807, 2.05) is 30.3 Å². The average molecular weight is 164 g/mol. The lowest BCUT2D eigenvalue weighted by molar-refractivity contribution is 0.0292. The minimum absolute atomic E-state index is 0.435. The van der Waals surface area contributed by atoms with Crippen LogP contribution in [0.3, 0.4) is 0 Å². The molecule has 12 heavy (non-hydrogen) atoms. The summed E-state index contributed by atoms with van der Waals surface area (Å²) in [7, 11) is 0. The third-order valence-corrected chi connectivity index (χ3v) is 2.62. The fourth-order valence-electron chi connectivity index (χ4n) is 1.58. The van der Waals surface area contributed by atoms with Crippen molar-refractivity contribution in [3.05, 3.63) is 35.9 Å². The summed E-state index contributed by atoms with van der Waals surface area (Å²) >= 11 is 0. The summed E-state index contributed by atoms with van der Waals surface area (Å²) in [5.74, 6) is 0. The third-order valence-electron chi connectivity index (χ3n) is 2.62. The highest BCUT2D eigenvalue weighted by Crippen LogP contribution is 2.54. The summed E-state index contributed by atoms with van der Waals surface area (Å²) in [5, 5.41) is 19.4. The molecule has 0 saturated heterocycles. The van der Waals surface area contributed by atoms with E-state index < -0.39 is 11.2 Å². The van der Waals surface area contributed by atoms with Gasteiger partial charge >= 0.3 is 0 Å². The molecule has 2 rings (SSSR count). The molecule has 0 aliphatic heterocycles. The SMILES string of the molecule is C[C@]1(O)C[C@]1(O)c1ccccc1. The summed E-state index contributed by atoms with van der Waals surface area (Å²) in [5.41, 5.74) is -1.14. The average Bonchev–Trinajstić information content (AvgIpc) is 2.55. The van der Waals surface area contributed by atoms with Crippen LogP contribution < -0.4 is 0 Å². The molecular formula is C10H12O2. The van der Waals surface area contributed by atoms with Crippen molar-refractivity contribution in [3.63, 3.8) is 0 Å². The number of benzene rings is 1. The van der Waals surface area contributed by atoms with E-state index in [4.69, 9.17) is 0 Å². The number of hydrogen-bond acceptors (Lipinski definition) is 2. The second-order valence-electron chi connectivity index (χ2n) is 3.68. The topological polar surface area (TPSA) is 40.5 Å². The molecule has 0 unspecified atom stereocenters. The number of rotatable bonds is 1. The van der Waals surface area contributed by atoms with Gasteiger partial charge in [0.2, 0.25) is 0 Å². The largest absolute Gasteiger partial charge is 0.387 e. The molecule has 1 fully saturated rings. The van der Waals surface area contributed by atoms with Crippen molar-refractivity contribution in [2.45, 2.75) is 24.5 Å². The van der Waals surface area contributed by atoms with Crippen molar-refractivity contribution in [1.29, 1.82) is 0 Å². The van der Waals surface area contributed by atoms with Gasteiger partial charge in [-0.3, -0.25) is 0 Å². The molecule has 0 radical (unpaired) electrons. The minimum atomic E-state index is -1.01. The van der Waals surface area contributed by atoms with Crippen molar-refractivity contribution in [2.75, 3.05) is 0 Å². The highest BCUT2D eigenvalue weighted by molar-refractivity contribution is 5.34. The first-order valence-electron chi connectivity index (χ1n) is 4.07. The maximum Gasteiger partial charge on any atom is 0.121 e. The van der Waals surface area contributed by atoms with Crippen molar-refractivity contribution < 1.29 is 10.2 Å². The second kappa shape index (κ2) is 2.09. The van der Waals surface area contributed by atoms with Crippen LogP contribution in [0.15, 0.2) is 30.3 Å². The Bertz CT molecular complexity index is 292. The van der Waals surface area contributed by atoms with Gasteiger partial charge in [0.25, 0.3) is 0 Å². The quantitative estimate of drug-likeness (QED) is 0.650. The van der Waals surface area contributed by atoms with Crippen molar-refractivity contribution in [3.8, 4) is 0 Å². The van der Waals surface area contributed by atoms with E-state index in [1.54, 1.807) is 6.92 Å². The molecule has 64 valence electrons. The highest BCUT2D eigenvalue weighted by atomic mass is 16.4. The second-order valence-corrected chi connectivity index (χ2v) is 3.68. The Morgan fingerprint density at radius 3 is 2.08 bits per heavy atom. The van der Waals surface area contributed by atoms with Crippen LogP contribution in [0, 0.1) is 0 Å². The highest BCUT2D eigenvalue weighted by Gasteiger charge is 2.64. The van der Waals surface area contributed by atoms with Gasteiger partial charge < -0.3 is 10.2 Å². The Hall–Kier alpha value is -0.860. The van der Waals surface area contributed by atoms with Crippen LogP contribution in [-0.4, -0.2) is 15.8 Å². The van der Waals surface area contributed by atoms with E-state index in [0.29, 0.717) is 6.42 Å². The lowest BCUT2D eigenvalue weighted by Gasteiger charge is -2.12. The first-order chi connectivity index (χ1) is 5.56. The van der Waals surface area contributed by atoms with E-state index in [2.05, 4.69) is 0 Å². The first kappa shape index (κ1) is 7.77. The van der Waals surface area contributed by atoms with Gasteiger partial charge in [-0.25, -0.2) is 0 Å². The van der Waals surface area contributed by atoms with Crippen LogP contribution >= 0.6 is 0 Å². The summed E-state index contributed by atoms with van der Waals surface area (Å²) < 4.78 is 0. The molecular weight excluding hydrogens is 152 g/mol. The Morgan fingerprint density at radius 1 is 1.17 bits per heavy atom. The fraction of sp³-hybridized carbons (Fsp3) is 0.400. The summed E-state index contributed by atoms with van der Waals surface area (Å²) in [4.78, 5) is 0. The summed E-state index contributed by atoms with van der Waals surface area (Å²) in [6, 6.07) is 9.29. The van der Waals surface area contributed by atoms with Gasteiger partial charge in [0, 0.05) is 6.42 Å². The van der Waals surface area contributed by atoms with Crippen LogP contribution in [0.5, 0.6) is 0 Å². The monoisotopic (exact) mass is 164 g/mol. The van der Waals surface area contributed by atoms with Crippen molar-refractivity contribution >= 4 is 0 Å². The number of aliphatic hydroxyl groups is 2. The summed E-state index contributed by atoms with van der Waals surface area (Å²) in [6.45, 7) is 1.65. The zero-order valence-corrected chi connectivity index (χ0v) is 6.99. The van der Waals surface area contributed by atoms with E-state index in [-0.39, 0.29) is 0 Å². The summed E-state index contributed by atoms with van der Waals surface area (Å²) in [6.07, 6.45) is 0.435. The third kappa shape index (κ3) is 0.886. The molecule has 0 aromatic heterocycles. The predicted molar refractivity (Wildman–Crippen MR) is 45.6 cm³/mol. The molecule has 0 amide bonds. The van der Waals surface area contributed by atoms with Crippen LogP contribution in [0.1, 0.15) is 18.9 Å². The van der Waals surface area contributed by atoms with E-state index in [9.17, 15) is 10.2 Å². The van der Waals surface area contributed by atoms with E-state index in [1.165, 1.54) is 0 Å². The van der Waals surface area contributed by atoms with Gasteiger partial charge in [0.05, 0.1) is 5.60 Å². The Labute approximate surface area is 71.5 Å². The zero-order chi connectivity index (χ0) is 8.82. The molecule has 2 heteroatoms. The van der Waals surface area contributed by atoms with Crippen molar-refractivity contribution in [1.82, 2.24) is 0 Å². The van der Waals surface area contributed by atoms with E-state index >= 15 is 0 Å². The molecule has 2 nitrogen and oxygen atoms in total. The lowest BCUT2D eigenvalue weighted by Crippen LogP contribution is -2.19. The molecule has 0 bridgehead atoms. The smallest absolute Gasteiger partial charge is 0.121 e. The normalized spacial score (nSPS) is 39.6. The zero-order valence-electron chi connectivity index (χ0n) is 6.99. The van der Waals surface area contributed by atoms with Gasteiger partial charge in [-0.15, -0.1) is 0 Å². The van der Waals surface area contributed by atoms with Crippen LogP contribution in [0.2, 0.25) is 0 Å².